The molecule has 0 saturated heterocycles. The van der Waals surface area contributed by atoms with E-state index in [0.717, 1.165) is 6.07 Å². The molecular formula is C10H9F2N. The van der Waals surface area contributed by atoms with Crippen LogP contribution >= 0.6 is 0 Å². The molecule has 13 heavy (non-hydrogen) atoms. The molecule has 0 aromatic heterocycles. The van der Waals surface area contributed by atoms with Gasteiger partial charge in [0.1, 0.15) is 0 Å². The molecule has 0 heterocycles. The summed E-state index contributed by atoms with van der Waals surface area (Å²) in [5, 5.41) is 0. The Balaban J connectivity index is 3.18. The highest BCUT2D eigenvalue weighted by Gasteiger charge is 2.07. The molecule has 0 spiro atoms. The van der Waals surface area contributed by atoms with Crippen molar-refractivity contribution in [3.05, 3.63) is 34.9 Å². The Morgan fingerprint density at radius 1 is 1.38 bits per heavy atom. The normalized spacial score (nSPS) is 9.23. The first-order chi connectivity index (χ1) is 6.16. The molecular weight excluding hydrogens is 172 g/mol. The number of nitrogens with two attached hydrogens (primary N) is 1. The van der Waals surface area contributed by atoms with Crippen LogP contribution in [0.2, 0.25) is 0 Å². The van der Waals surface area contributed by atoms with Gasteiger partial charge in [-0.1, -0.05) is 11.8 Å². The van der Waals surface area contributed by atoms with E-state index in [9.17, 15) is 8.78 Å². The van der Waals surface area contributed by atoms with Crippen molar-refractivity contribution in [2.75, 3.05) is 6.54 Å². The number of benzene rings is 1. The molecule has 0 unspecified atom stereocenters. The quantitative estimate of drug-likeness (QED) is 0.604. The molecule has 0 aliphatic carbocycles. The van der Waals surface area contributed by atoms with Crippen LogP contribution in [0.25, 0.3) is 0 Å². The third-order valence-electron chi connectivity index (χ3n) is 1.66. The molecule has 3 heteroatoms. The summed E-state index contributed by atoms with van der Waals surface area (Å²) in [5.41, 5.74) is 5.85. The van der Waals surface area contributed by atoms with E-state index in [-0.39, 0.29) is 12.1 Å². The molecule has 0 saturated carbocycles. The third-order valence-corrected chi connectivity index (χ3v) is 1.66. The van der Waals surface area contributed by atoms with E-state index in [1.165, 1.54) is 13.0 Å². The first kappa shape index (κ1) is 9.69. The van der Waals surface area contributed by atoms with Crippen molar-refractivity contribution in [2.45, 2.75) is 6.92 Å². The maximum Gasteiger partial charge on any atom is 0.162 e. The fourth-order valence-corrected chi connectivity index (χ4v) is 0.934. The number of hydrogen-bond donors (Lipinski definition) is 1. The topological polar surface area (TPSA) is 26.0 Å². The summed E-state index contributed by atoms with van der Waals surface area (Å²) in [5.74, 6) is 3.54. The molecule has 0 radical (unpaired) electrons. The van der Waals surface area contributed by atoms with Crippen LogP contribution in [0.15, 0.2) is 12.1 Å². The lowest BCUT2D eigenvalue weighted by Gasteiger charge is -1.99. The largest absolute Gasteiger partial charge is 0.320 e. The second-order valence-corrected chi connectivity index (χ2v) is 2.54. The number of rotatable bonds is 0. The van der Waals surface area contributed by atoms with Crippen LogP contribution in [0.5, 0.6) is 0 Å². The first-order valence-corrected chi connectivity index (χ1v) is 3.80. The van der Waals surface area contributed by atoms with E-state index in [1.54, 1.807) is 0 Å². The summed E-state index contributed by atoms with van der Waals surface area (Å²) in [6.45, 7) is 1.69. The van der Waals surface area contributed by atoms with Crippen molar-refractivity contribution in [3.8, 4) is 11.8 Å². The van der Waals surface area contributed by atoms with Gasteiger partial charge in [0.2, 0.25) is 0 Å². The fourth-order valence-electron chi connectivity index (χ4n) is 0.934. The molecule has 0 atom stereocenters. The maximum absolute atomic E-state index is 12.9. The summed E-state index contributed by atoms with van der Waals surface area (Å²) < 4.78 is 25.6. The Morgan fingerprint density at radius 2 is 2.08 bits per heavy atom. The average molecular weight is 181 g/mol. The molecule has 1 aromatic carbocycles. The predicted octanol–water partition coefficient (Wildman–Crippen LogP) is 1.58. The van der Waals surface area contributed by atoms with Gasteiger partial charge in [0.15, 0.2) is 11.6 Å². The van der Waals surface area contributed by atoms with Crippen molar-refractivity contribution >= 4 is 0 Å². The Labute approximate surface area is 75.6 Å². The molecule has 1 nitrogen and oxygen atoms in total. The summed E-state index contributed by atoms with van der Waals surface area (Å²) in [4.78, 5) is 0. The van der Waals surface area contributed by atoms with Gasteiger partial charge in [-0.3, -0.25) is 0 Å². The third kappa shape index (κ3) is 2.04. The average Bonchev–Trinajstić information content (AvgIpc) is 2.13. The van der Waals surface area contributed by atoms with E-state index in [2.05, 4.69) is 11.8 Å². The highest BCUT2D eigenvalue weighted by molar-refractivity contribution is 5.41. The van der Waals surface area contributed by atoms with Crippen molar-refractivity contribution in [3.63, 3.8) is 0 Å². The Hall–Kier alpha value is -1.40. The molecule has 0 bridgehead atoms. The SMILES string of the molecule is Cc1c(C#CCN)ccc(F)c1F. The number of hydrogen-bond acceptors (Lipinski definition) is 1. The van der Waals surface area contributed by atoms with Crippen molar-refractivity contribution in [1.29, 1.82) is 0 Å². The smallest absolute Gasteiger partial charge is 0.162 e. The molecule has 68 valence electrons. The zero-order chi connectivity index (χ0) is 9.84. The van der Waals surface area contributed by atoms with E-state index >= 15 is 0 Å². The van der Waals surface area contributed by atoms with Gasteiger partial charge in [0.05, 0.1) is 6.54 Å². The fraction of sp³-hybridized carbons (Fsp3) is 0.200. The van der Waals surface area contributed by atoms with Crippen molar-refractivity contribution in [2.24, 2.45) is 5.73 Å². The molecule has 0 amide bonds. The van der Waals surface area contributed by atoms with Gasteiger partial charge < -0.3 is 5.73 Å². The van der Waals surface area contributed by atoms with E-state index < -0.39 is 11.6 Å². The van der Waals surface area contributed by atoms with Crippen LogP contribution in [-0.2, 0) is 0 Å². The molecule has 1 rings (SSSR count). The van der Waals surface area contributed by atoms with Gasteiger partial charge >= 0.3 is 0 Å². The van der Waals surface area contributed by atoms with Crippen LogP contribution in [0.3, 0.4) is 0 Å². The maximum atomic E-state index is 12.9. The summed E-state index contributed by atoms with van der Waals surface area (Å²) in [7, 11) is 0. The Morgan fingerprint density at radius 3 is 2.69 bits per heavy atom. The van der Waals surface area contributed by atoms with Crippen LogP contribution in [0.4, 0.5) is 8.78 Å². The molecule has 0 aliphatic rings. The van der Waals surface area contributed by atoms with Crippen molar-refractivity contribution in [1.82, 2.24) is 0 Å². The highest BCUT2D eigenvalue weighted by atomic mass is 19.2. The van der Waals surface area contributed by atoms with Crippen LogP contribution < -0.4 is 5.73 Å². The first-order valence-electron chi connectivity index (χ1n) is 3.80. The lowest BCUT2D eigenvalue weighted by Crippen LogP contribution is -1.95. The van der Waals surface area contributed by atoms with Crippen LogP contribution in [0.1, 0.15) is 11.1 Å². The van der Waals surface area contributed by atoms with E-state index in [1.807, 2.05) is 0 Å². The van der Waals surface area contributed by atoms with E-state index in [0.29, 0.717) is 5.56 Å². The van der Waals surface area contributed by atoms with Gasteiger partial charge in [0, 0.05) is 11.1 Å². The summed E-state index contributed by atoms with van der Waals surface area (Å²) in [6, 6.07) is 2.50. The minimum Gasteiger partial charge on any atom is -0.320 e. The Kier molecular flexibility index (Phi) is 2.99. The minimum atomic E-state index is -0.851. The molecule has 1 aromatic rings. The molecule has 2 N–H and O–H groups in total. The molecule has 0 aliphatic heterocycles. The van der Waals surface area contributed by atoms with E-state index in [4.69, 9.17) is 5.73 Å². The monoisotopic (exact) mass is 181 g/mol. The number of halogens is 2. The van der Waals surface area contributed by atoms with Gasteiger partial charge in [-0.05, 0) is 19.1 Å². The standard InChI is InChI=1S/C10H9F2N/c1-7-8(3-2-6-13)4-5-9(11)10(7)12/h4-5H,6,13H2,1H3. The molecule has 0 fully saturated rings. The van der Waals surface area contributed by atoms with Gasteiger partial charge in [-0.25, -0.2) is 8.78 Å². The second kappa shape index (κ2) is 4.01. The lowest BCUT2D eigenvalue weighted by molar-refractivity contribution is 0.502. The predicted molar refractivity (Wildman–Crippen MR) is 47.0 cm³/mol. The second-order valence-electron chi connectivity index (χ2n) is 2.54. The summed E-state index contributed by atoms with van der Waals surface area (Å²) in [6.07, 6.45) is 0. The van der Waals surface area contributed by atoms with Gasteiger partial charge in [0.25, 0.3) is 0 Å². The Bertz CT molecular complexity index is 374. The lowest BCUT2D eigenvalue weighted by atomic mass is 10.1. The zero-order valence-corrected chi connectivity index (χ0v) is 7.20. The zero-order valence-electron chi connectivity index (χ0n) is 7.20. The minimum absolute atomic E-state index is 0.207. The van der Waals surface area contributed by atoms with Crippen LogP contribution in [0, 0.1) is 30.4 Å². The van der Waals surface area contributed by atoms with Crippen LogP contribution in [-0.4, -0.2) is 6.54 Å². The van der Waals surface area contributed by atoms with Gasteiger partial charge in [-0.15, -0.1) is 0 Å². The van der Waals surface area contributed by atoms with Gasteiger partial charge in [-0.2, -0.15) is 0 Å². The summed E-state index contributed by atoms with van der Waals surface area (Å²) >= 11 is 0. The highest BCUT2D eigenvalue weighted by Crippen LogP contribution is 2.14. The van der Waals surface area contributed by atoms with Crippen molar-refractivity contribution < 1.29 is 8.78 Å².